The molecule has 1 aromatic carbocycles. The van der Waals surface area contributed by atoms with Crippen molar-refractivity contribution in [1.82, 2.24) is 4.90 Å². The molecule has 1 aliphatic rings. The third-order valence-corrected chi connectivity index (χ3v) is 2.80. The Morgan fingerprint density at radius 2 is 2.11 bits per heavy atom. The molecule has 1 heterocycles. The van der Waals surface area contributed by atoms with Crippen LogP contribution in [0.4, 0.5) is 14.9 Å². The first-order chi connectivity index (χ1) is 9.08. The Morgan fingerprint density at radius 1 is 1.32 bits per heavy atom. The van der Waals surface area contributed by atoms with E-state index in [-0.39, 0.29) is 11.3 Å². The van der Waals surface area contributed by atoms with Crippen LogP contribution in [0, 0.1) is 5.82 Å². The average Bonchev–Trinajstić information content (AvgIpc) is 2.41. The molecule has 0 atom stereocenters. The van der Waals surface area contributed by atoms with E-state index < -0.39 is 17.8 Å². The van der Waals surface area contributed by atoms with E-state index in [0.29, 0.717) is 13.1 Å². The quantitative estimate of drug-likeness (QED) is 0.805. The molecule has 0 spiro atoms. The first kappa shape index (κ1) is 13.1. The van der Waals surface area contributed by atoms with Gasteiger partial charge in [-0.15, -0.1) is 0 Å². The fraction of sp³-hybridized carbons (Fsp3) is 0.231. The van der Waals surface area contributed by atoms with Gasteiger partial charge in [-0.2, -0.15) is 0 Å². The van der Waals surface area contributed by atoms with Gasteiger partial charge in [-0.05, 0) is 24.6 Å². The van der Waals surface area contributed by atoms with Crippen LogP contribution < -0.4 is 5.32 Å². The Morgan fingerprint density at radius 3 is 2.68 bits per heavy atom. The molecule has 0 aromatic heterocycles. The minimum absolute atomic E-state index is 0.0236. The van der Waals surface area contributed by atoms with Crippen LogP contribution in [-0.2, 0) is 0 Å². The Labute approximate surface area is 109 Å². The predicted octanol–water partition coefficient (Wildman–Crippen LogP) is 2.32. The zero-order valence-corrected chi connectivity index (χ0v) is 10.1. The monoisotopic (exact) mass is 264 g/mol. The standard InChI is InChI=1S/C13H13FN2O3/c14-10-8-9(12(17)18)4-5-11(10)15-13(19)16-6-2-1-3-7-16/h1-2,4-5,8H,3,6-7H2,(H,15,19)(H,17,18). The molecule has 0 fully saturated rings. The lowest BCUT2D eigenvalue weighted by atomic mass is 10.2. The summed E-state index contributed by atoms with van der Waals surface area (Å²) < 4.78 is 13.6. The predicted molar refractivity (Wildman–Crippen MR) is 67.7 cm³/mol. The van der Waals surface area contributed by atoms with Gasteiger partial charge in [0.25, 0.3) is 0 Å². The smallest absolute Gasteiger partial charge is 0.335 e. The molecule has 0 bridgehead atoms. The van der Waals surface area contributed by atoms with Gasteiger partial charge in [0.05, 0.1) is 11.3 Å². The second-order valence-electron chi connectivity index (χ2n) is 4.14. The average molecular weight is 264 g/mol. The highest BCUT2D eigenvalue weighted by molar-refractivity contribution is 5.92. The number of amides is 2. The fourth-order valence-corrected chi connectivity index (χ4v) is 1.77. The largest absolute Gasteiger partial charge is 0.478 e. The van der Waals surface area contributed by atoms with Gasteiger partial charge in [0.1, 0.15) is 5.82 Å². The fourth-order valence-electron chi connectivity index (χ4n) is 1.77. The minimum Gasteiger partial charge on any atom is -0.478 e. The molecule has 2 amide bonds. The van der Waals surface area contributed by atoms with E-state index in [2.05, 4.69) is 5.32 Å². The van der Waals surface area contributed by atoms with E-state index >= 15 is 0 Å². The Bertz CT molecular complexity index is 543. The van der Waals surface area contributed by atoms with Gasteiger partial charge >= 0.3 is 12.0 Å². The second-order valence-corrected chi connectivity index (χ2v) is 4.14. The van der Waals surface area contributed by atoms with Crippen molar-refractivity contribution in [3.8, 4) is 0 Å². The molecular formula is C13H13FN2O3. The normalized spacial score (nSPS) is 14.3. The van der Waals surface area contributed by atoms with E-state index in [9.17, 15) is 14.0 Å². The van der Waals surface area contributed by atoms with E-state index in [1.165, 1.54) is 12.1 Å². The number of urea groups is 1. The Kier molecular flexibility index (Phi) is 3.79. The van der Waals surface area contributed by atoms with Gasteiger partial charge < -0.3 is 15.3 Å². The van der Waals surface area contributed by atoms with Crippen molar-refractivity contribution < 1.29 is 19.1 Å². The molecule has 0 radical (unpaired) electrons. The van der Waals surface area contributed by atoms with Crippen LogP contribution in [-0.4, -0.2) is 35.1 Å². The lowest BCUT2D eigenvalue weighted by Gasteiger charge is -2.23. The zero-order chi connectivity index (χ0) is 13.8. The highest BCUT2D eigenvalue weighted by Gasteiger charge is 2.16. The van der Waals surface area contributed by atoms with Crippen LogP contribution in [0.5, 0.6) is 0 Å². The highest BCUT2D eigenvalue weighted by atomic mass is 19.1. The van der Waals surface area contributed by atoms with E-state index in [4.69, 9.17) is 5.11 Å². The first-order valence-corrected chi connectivity index (χ1v) is 5.81. The number of hydrogen-bond donors (Lipinski definition) is 2. The molecule has 2 rings (SSSR count). The van der Waals surface area contributed by atoms with Crippen LogP contribution in [0.15, 0.2) is 30.4 Å². The van der Waals surface area contributed by atoms with Gasteiger partial charge in [0, 0.05) is 13.1 Å². The van der Waals surface area contributed by atoms with Crippen LogP contribution >= 0.6 is 0 Å². The number of rotatable bonds is 2. The van der Waals surface area contributed by atoms with Gasteiger partial charge in [0.2, 0.25) is 0 Å². The molecular weight excluding hydrogens is 251 g/mol. The van der Waals surface area contributed by atoms with E-state index in [1.807, 2.05) is 12.2 Å². The van der Waals surface area contributed by atoms with Crippen LogP contribution in [0.3, 0.4) is 0 Å². The summed E-state index contributed by atoms with van der Waals surface area (Å²) in [7, 11) is 0. The summed E-state index contributed by atoms with van der Waals surface area (Å²) >= 11 is 0. The number of carbonyl (C=O) groups is 2. The van der Waals surface area contributed by atoms with Crippen molar-refractivity contribution in [2.24, 2.45) is 0 Å². The number of nitrogens with one attached hydrogen (secondary N) is 1. The SMILES string of the molecule is O=C(O)c1ccc(NC(=O)N2CC=CCC2)c(F)c1. The molecule has 1 aliphatic heterocycles. The molecule has 2 N–H and O–H groups in total. The van der Waals surface area contributed by atoms with Gasteiger partial charge in [-0.1, -0.05) is 12.2 Å². The summed E-state index contributed by atoms with van der Waals surface area (Å²) in [6.45, 7) is 1.07. The van der Waals surface area contributed by atoms with Crippen LogP contribution in [0.2, 0.25) is 0 Å². The summed E-state index contributed by atoms with van der Waals surface area (Å²) in [5.74, 6) is -1.97. The third kappa shape index (κ3) is 3.09. The van der Waals surface area contributed by atoms with E-state index in [0.717, 1.165) is 12.5 Å². The van der Waals surface area contributed by atoms with Crippen molar-refractivity contribution in [2.45, 2.75) is 6.42 Å². The minimum atomic E-state index is -1.21. The first-order valence-electron chi connectivity index (χ1n) is 5.81. The number of carboxylic acid groups (broad SMARTS) is 1. The number of hydrogen-bond acceptors (Lipinski definition) is 2. The lowest BCUT2D eigenvalue weighted by molar-refractivity contribution is 0.0696. The van der Waals surface area contributed by atoms with Gasteiger partial charge in [-0.25, -0.2) is 14.0 Å². The number of aromatic carboxylic acids is 1. The zero-order valence-electron chi connectivity index (χ0n) is 10.1. The Hall–Kier alpha value is -2.37. The summed E-state index contributed by atoms with van der Waals surface area (Å²) in [5.41, 5.74) is -0.180. The van der Waals surface area contributed by atoms with Crippen molar-refractivity contribution in [3.05, 3.63) is 41.7 Å². The van der Waals surface area contributed by atoms with Crippen LogP contribution in [0.25, 0.3) is 0 Å². The molecule has 6 heteroatoms. The highest BCUT2D eigenvalue weighted by Crippen LogP contribution is 2.17. The third-order valence-electron chi connectivity index (χ3n) is 2.80. The second kappa shape index (κ2) is 5.51. The lowest BCUT2D eigenvalue weighted by Crippen LogP contribution is -2.37. The van der Waals surface area contributed by atoms with Gasteiger partial charge in [0.15, 0.2) is 0 Å². The number of halogens is 1. The molecule has 19 heavy (non-hydrogen) atoms. The summed E-state index contributed by atoms with van der Waals surface area (Å²) in [5, 5.41) is 11.1. The van der Waals surface area contributed by atoms with Crippen LogP contribution in [0.1, 0.15) is 16.8 Å². The molecule has 0 aliphatic carbocycles. The Balaban J connectivity index is 2.08. The number of carbonyl (C=O) groups excluding carboxylic acids is 1. The molecule has 5 nitrogen and oxygen atoms in total. The molecule has 100 valence electrons. The van der Waals surface area contributed by atoms with Crippen molar-refractivity contribution in [1.29, 1.82) is 0 Å². The number of carboxylic acids is 1. The van der Waals surface area contributed by atoms with Gasteiger partial charge in [-0.3, -0.25) is 0 Å². The number of anilines is 1. The molecule has 1 aromatic rings. The van der Waals surface area contributed by atoms with E-state index in [1.54, 1.807) is 4.90 Å². The maximum Gasteiger partial charge on any atom is 0.335 e. The van der Waals surface area contributed by atoms with Crippen molar-refractivity contribution in [2.75, 3.05) is 18.4 Å². The maximum atomic E-state index is 13.6. The number of nitrogens with zero attached hydrogens (tertiary/aromatic N) is 1. The topological polar surface area (TPSA) is 69.6 Å². The molecule has 0 saturated heterocycles. The maximum absolute atomic E-state index is 13.6. The van der Waals surface area contributed by atoms with Crippen molar-refractivity contribution in [3.63, 3.8) is 0 Å². The summed E-state index contributed by atoms with van der Waals surface area (Å²) in [6.07, 6.45) is 4.62. The summed E-state index contributed by atoms with van der Waals surface area (Å²) in [4.78, 5) is 24.0. The molecule has 0 unspecified atom stereocenters. The van der Waals surface area contributed by atoms with Crippen molar-refractivity contribution >= 4 is 17.7 Å². The summed E-state index contributed by atoms with van der Waals surface area (Å²) in [6, 6.07) is 2.98. The molecule has 0 saturated carbocycles. The number of benzene rings is 1.